The summed E-state index contributed by atoms with van der Waals surface area (Å²) in [6.45, 7) is 7.15. The van der Waals surface area contributed by atoms with Crippen LogP contribution in [0.3, 0.4) is 0 Å². The van der Waals surface area contributed by atoms with Gasteiger partial charge in [-0.2, -0.15) is 0 Å². The van der Waals surface area contributed by atoms with E-state index < -0.39 is 0 Å². The summed E-state index contributed by atoms with van der Waals surface area (Å²) in [4.78, 5) is 16.4. The van der Waals surface area contributed by atoms with E-state index in [1.807, 2.05) is 0 Å². The summed E-state index contributed by atoms with van der Waals surface area (Å²) in [5, 5.41) is 2.92. The Morgan fingerprint density at radius 2 is 2.19 bits per heavy atom. The summed E-state index contributed by atoms with van der Waals surface area (Å²) < 4.78 is 5.66. The van der Waals surface area contributed by atoms with E-state index in [1.54, 1.807) is 6.20 Å². The average molecular weight is 316 g/mol. The Balaban J connectivity index is 0.00000220. The van der Waals surface area contributed by atoms with E-state index in [0.29, 0.717) is 24.9 Å². The number of aromatic nitrogens is 1. The zero-order valence-electron chi connectivity index (χ0n) is 13.0. The summed E-state index contributed by atoms with van der Waals surface area (Å²) in [5.74, 6) is 1.85. The molecule has 1 aliphatic rings. The molecule has 1 heterocycles. The van der Waals surface area contributed by atoms with Gasteiger partial charge in [0, 0.05) is 11.3 Å². The molecule has 1 saturated carbocycles. The molecule has 120 valence electrons. The first-order valence-corrected chi connectivity index (χ1v) is 7.34. The first-order valence-electron chi connectivity index (χ1n) is 7.34. The highest BCUT2D eigenvalue weighted by Crippen LogP contribution is 2.31. The van der Waals surface area contributed by atoms with E-state index in [-0.39, 0.29) is 29.6 Å². The lowest BCUT2D eigenvalue weighted by molar-refractivity contribution is -0.126. The van der Waals surface area contributed by atoms with Crippen molar-refractivity contribution in [2.75, 3.05) is 6.54 Å². The van der Waals surface area contributed by atoms with Gasteiger partial charge in [-0.25, -0.2) is 4.98 Å². The first-order chi connectivity index (χ1) is 9.41. The van der Waals surface area contributed by atoms with Crippen LogP contribution in [0, 0.1) is 11.8 Å². The van der Waals surface area contributed by atoms with Gasteiger partial charge in [0.25, 0.3) is 0 Å². The van der Waals surface area contributed by atoms with Crippen molar-refractivity contribution < 1.29 is 9.21 Å². The van der Waals surface area contributed by atoms with Gasteiger partial charge in [-0.15, -0.1) is 12.4 Å². The maximum Gasteiger partial charge on any atom is 0.223 e. The normalized spacial score (nSPS) is 21.9. The van der Waals surface area contributed by atoms with Gasteiger partial charge in [0.2, 0.25) is 11.8 Å². The highest BCUT2D eigenvalue weighted by Gasteiger charge is 2.31. The van der Waals surface area contributed by atoms with Crippen molar-refractivity contribution in [2.24, 2.45) is 17.6 Å². The minimum absolute atomic E-state index is 0. The van der Waals surface area contributed by atoms with Gasteiger partial charge in [-0.1, -0.05) is 27.2 Å². The zero-order chi connectivity index (χ0) is 14.8. The lowest BCUT2D eigenvalue weighted by Crippen LogP contribution is -2.34. The Labute approximate surface area is 132 Å². The maximum absolute atomic E-state index is 12.2. The largest absolute Gasteiger partial charge is 0.443 e. The third-order valence-electron chi connectivity index (χ3n) is 4.01. The minimum atomic E-state index is -0.0641. The predicted molar refractivity (Wildman–Crippen MR) is 84.2 cm³/mol. The van der Waals surface area contributed by atoms with E-state index in [9.17, 15) is 4.79 Å². The Morgan fingerprint density at radius 3 is 2.76 bits per heavy atom. The molecule has 0 saturated heterocycles. The van der Waals surface area contributed by atoms with Crippen molar-refractivity contribution in [1.82, 2.24) is 10.3 Å². The van der Waals surface area contributed by atoms with Crippen molar-refractivity contribution in [1.29, 1.82) is 0 Å². The molecule has 6 heteroatoms. The van der Waals surface area contributed by atoms with Gasteiger partial charge >= 0.3 is 0 Å². The second-order valence-corrected chi connectivity index (χ2v) is 6.62. The number of nitrogens with zero attached hydrogens (tertiary/aromatic N) is 1. The minimum Gasteiger partial charge on any atom is -0.443 e. The molecule has 21 heavy (non-hydrogen) atoms. The second kappa shape index (κ2) is 7.27. The number of halogens is 1. The van der Waals surface area contributed by atoms with Crippen LogP contribution in [0.5, 0.6) is 0 Å². The monoisotopic (exact) mass is 315 g/mol. The van der Waals surface area contributed by atoms with Crippen LogP contribution in [0.1, 0.15) is 51.7 Å². The van der Waals surface area contributed by atoms with Gasteiger partial charge in [-0.3, -0.25) is 4.79 Å². The number of hydrogen-bond donors (Lipinski definition) is 2. The highest BCUT2D eigenvalue weighted by molar-refractivity contribution is 5.85. The average Bonchev–Trinajstić information content (AvgIpc) is 3.03. The van der Waals surface area contributed by atoms with Crippen LogP contribution in [-0.4, -0.2) is 17.4 Å². The van der Waals surface area contributed by atoms with Crippen LogP contribution in [0.4, 0.5) is 0 Å². The molecule has 0 radical (unpaired) electrons. The Morgan fingerprint density at radius 1 is 1.48 bits per heavy atom. The fourth-order valence-corrected chi connectivity index (χ4v) is 2.70. The third-order valence-corrected chi connectivity index (χ3v) is 4.01. The molecule has 2 atom stereocenters. The van der Waals surface area contributed by atoms with Crippen LogP contribution in [-0.2, 0) is 16.8 Å². The SMILES string of the molecule is CC(C)(C)c1cnc(CNC(=O)[C@@H]2CCC[C@@H]2CN)o1.Cl. The molecule has 0 unspecified atom stereocenters. The Hall–Kier alpha value is -1.07. The molecular formula is C15H26ClN3O2. The molecule has 2 rings (SSSR count). The number of rotatable bonds is 4. The highest BCUT2D eigenvalue weighted by atomic mass is 35.5. The Kier molecular flexibility index (Phi) is 6.23. The molecule has 0 aromatic carbocycles. The van der Waals surface area contributed by atoms with Crippen molar-refractivity contribution in [3.63, 3.8) is 0 Å². The lowest BCUT2D eigenvalue weighted by Gasteiger charge is -2.16. The first kappa shape index (κ1) is 18.0. The molecular weight excluding hydrogens is 290 g/mol. The van der Waals surface area contributed by atoms with Gasteiger partial charge in [0.15, 0.2) is 0 Å². The van der Waals surface area contributed by atoms with Crippen LogP contribution < -0.4 is 11.1 Å². The van der Waals surface area contributed by atoms with Crippen molar-refractivity contribution in [2.45, 2.75) is 52.0 Å². The molecule has 0 spiro atoms. The van der Waals surface area contributed by atoms with E-state index in [0.717, 1.165) is 25.0 Å². The quantitative estimate of drug-likeness (QED) is 0.894. The number of nitrogens with one attached hydrogen (secondary N) is 1. The number of hydrogen-bond acceptors (Lipinski definition) is 4. The van der Waals surface area contributed by atoms with Crippen molar-refractivity contribution in [3.8, 4) is 0 Å². The number of carbonyl (C=O) groups excluding carboxylic acids is 1. The zero-order valence-corrected chi connectivity index (χ0v) is 13.8. The molecule has 1 aliphatic carbocycles. The van der Waals surface area contributed by atoms with E-state index in [1.165, 1.54) is 0 Å². The maximum atomic E-state index is 12.2. The second-order valence-electron chi connectivity index (χ2n) is 6.62. The van der Waals surface area contributed by atoms with Gasteiger partial charge in [0.1, 0.15) is 5.76 Å². The van der Waals surface area contributed by atoms with Crippen LogP contribution in [0.25, 0.3) is 0 Å². The summed E-state index contributed by atoms with van der Waals surface area (Å²) in [6.07, 6.45) is 4.82. The molecule has 1 aromatic rings. The van der Waals surface area contributed by atoms with Crippen molar-refractivity contribution >= 4 is 18.3 Å². The molecule has 3 N–H and O–H groups in total. The molecule has 1 aromatic heterocycles. The molecule has 0 aliphatic heterocycles. The predicted octanol–water partition coefficient (Wildman–Crippen LogP) is 2.39. The topological polar surface area (TPSA) is 81.2 Å². The van der Waals surface area contributed by atoms with Gasteiger partial charge < -0.3 is 15.5 Å². The number of carbonyl (C=O) groups is 1. The van der Waals surface area contributed by atoms with Crippen LogP contribution in [0.15, 0.2) is 10.6 Å². The molecule has 1 amide bonds. The van der Waals surface area contributed by atoms with Gasteiger partial charge in [0.05, 0.1) is 12.7 Å². The fourth-order valence-electron chi connectivity index (χ4n) is 2.70. The molecule has 0 bridgehead atoms. The lowest BCUT2D eigenvalue weighted by atomic mass is 9.94. The standard InChI is InChI=1S/C15H25N3O2.ClH/c1-15(2,3)12-8-17-13(20-12)9-18-14(19)11-6-4-5-10(11)7-16;/h8,10-11H,4-7,9,16H2,1-3H3,(H,18,19);1H/t10-,11-;/m1./s1. The van der Waals surface area contributed by atoms with E-state index in [2.05, 4.69) is 31.1 Å². The Bertz CT molecular complexity index is 468. The number of amides is 1. The summed E-state index contributed by atoms with van der Waals surface area (Å²) in [6, 6.07) is 0. The summed E-state index contributed by atoms with van der Waals surface area (Å²) >= 11 is 0. The molecule has 5 nitrogen and oxygen atoms in total. The fraction of sp³-hybridized carbons (Fsp3) is 0.733. The third kappa shape index (κ3) is 4.45. The smallest absolute Gasteiger partial charge is 0.223 e. The van der Waals surface area contributed by atoms with Crippen LogP contribution in [0.2, 0.25) is 0 Å². The van der Waals surface area contributed by atoms with Gasteiger partial charge in [-0.05, 0) is 25.3 Å². The molecule has 1 fully saturated rings. The van der Waals surface area contributed by atoms with E-state index in [4.69, 9.17) is 10.2 Å². The van der Waals surface area contributed by atoms with Crippen molar-refractivity contribution in [3.05, 3.63) is 17.8 Å². The van der Waals surface area contributed by atoms with Crippen LogP contribution >= 0.6 is 12.4 Å². The number of oxazole rings is 1. The van der Waals surface area contributed by atoms with E-state index >= 15 is 0 Å². The summed E-state index contributed by atoms with van der Waals surface area (Å²) in [5.41, 5.74) is 5.65. The summed E-state index contributed by atoms with van der Waals surface area (Å²) in [7, 11) is 0. The number of nitrogens with two attached hydrogens (primary N) is 1.